The fraction of sp³-hybridized carbons (Fsp3) is 0.467. The Labute approximate surface area is 258 Å². The Bertz CT molecular complexity index is 1520. The molecular weight excluding hydrogens is 596 g/mol. The fourth-order valence-corrected chi connectivity index (χ4v) is 5.31. The lowest BCUT2D eigenvalue weighted by Gasteiger charge is -2.35. The zero-order valence-electron chi connectivity index (χ0n) is 25.2. The average molecular weight is 633 g/mol. The minimum absolute atomic E-state index is 0.108. The smallest absolute Gasteiger partial charge is 0.379 e. The molecule has 0 radical (unpaired) electrons. The third kappa shape index (κ3) is 7.96. The van der Waals surface area contributed by atoms with Crippen LogP contribution in [0.25, 0.3) is 5.69 Å². The van der Waals surface area contributed by atoms with Crippen molar-refractivity contribution in [2.45, 2.75) is 19.5 Å². The van der Waals surface area contributed by atoms with E-state index >= 15 is 0 Å². The monoisotopic (exact) mass is 632 g/mol. The molecule has 15 heteroatoms. The van der Waals surface area contributed by atoms with Gasteiger partial charge in [-0.25, -0.2) is 9.07 Å². The van der Waals surface area contributed by atoms with Crippen LogP contribution in [0.5, 0.6) is 0 Å². The van der Waals surface area contributed by atoms with Crippen LogP contribution in [0.1, 0.15) is 38.4 Å². The predicted molar refractivity (Wildman–Crippen MR) is 159 cm³/mol. The number of anilines is 2. The number of morpholine rings is 1. The summed E-state index contributed by atoms with van der Waals surface area (Å²) in [6.45, 7) is 8.52. The van der Waals surface area contributed by atoms with Crippen molar-refractivity contribution < 1.29 is 31.9 Å². The number of hydrogen-bond acceptors (Lipinski definition) is 8. The molecule has 45 heavy (non-hydrogen) atoms. The summed E-state index contributed by atoms with van der Waals surface area (Å²) < 4.78 is 61.4. The van der Waals surface area contributed by atoms with Crippen molar-refractivity contribution in [3.8, 4) is 5.69 Å². The van der Waals surface area contributed by atoms with Gasteiger partial charge >= 0.3 is 6.18 Å². The van der Waals surface area contributed by atoms with E-state index in [-0.39, 0.29) is 22.7 Å². The van der Waals surface area contributed by atoms with Crippen LogP contribution in [0.15, 0.2) is 36.5 Å². The summed E-state index contributed by atoms with van der Waals surface area (Å²) in [7, 11) is 2.00. The summed E-state index contributed by atoms with van der Waals surface area (Å²) in [6.07, 6.45) is -2.72. The minimum Gasteiger partial charge on any atom is -0.379 e. The zero-order chi connectivity index (χ0) is 32.1. The van der Waals surface area contributed by atoms with E-state index in [9.17, 15) is 27.2 Å². The van der Waals surface area contributed by atoms with Gasteiger partial charge in [-0.05, 0) is 62.8 Å². The number of alkyl halides is 3. The maximum absolute atomic E-state index is 14.3. The highest BCUT2D eigenvalue weighted by Gasteiger charge is 2.36. The molecule has 2 saturated heterocycles. The van der Waals surface area contributed by atoms with Crippen LogP contribution in [-0.4, -0.2) is 109 Å². The highest BCUT2D eigenvalue weighted by Crippen LogP contribution is 2.34. The number of nitrogens with one attached hydrogen (secondary N) is 2. The molecule has 0 bridgehead atoms. The van der Waals surface area contributed by atoms with E-state index in [0.29, 0.717) is 56.0 Å². The first-order valence-electron chi connectivity index (χ1n) is 14.8. The Balaban J connectivity index is 1.34. The first kappa shape index (κ1) is 32.3. The van der Waals surface area contributed by atoms with Gasteiger partial charge in [0.05, 0.1) is 42.0 Å². The van der Waals surface area contributed by atoms with Crippen molar-refractivity contribution in [2.75, 3.05) is 82.8 Å². The number of carbonyl (C=O) groups excluding carboxylic acids is 2. The number of amides is 2. The van der Waals surface area contributed by atoms with Gasteiger partial charge in [0.25, 0.3) is 11.8 Å². The number of hydrogen-bond donors (Lipinski definition) is 2. The maximum atomic E-state index is 14.3. The number of likely N-dealkylation sites (N-methyl/N-ethyl adjacent to an activating group) is 1. The Morgan fingerprint density at radius 3 is 2.44 bits per heavy atom. The second-order valence-corrected chi connectivity index (χ2v) is 11.2. The SMILES string of the molecule is Cc1cc(C(=O)Nc2cc(-n3cc(C(=O)NCCCN4CCOCC4)nn3)ccc2N2CCN(C)CC2)cc(C(F)(F)F)c1F. The van der Waals surface area contributed by atoms with Gasteiger partial charge in [-0.2, -0.15) is 13.2 Å². The van der Waals surface area contributed by atoms with E-state index in [2.05, 4.69) is 35.6 Å². The number of halogens is 4. The molecule has 0 saturated carbocycles. The summed E-state index contributed by atoms with van der Waals surface area (Å²) in [5.41, 5.74) is -0.572. The number of aromatic nitrogens is 3. The molecular formula is C30H36F4N8O3. The highest BCUT2D eigenvalue weighted by atomic mass is 19.4. The minimum atomic E-state index is -4.96. The first-order valence-corrected chi connectivity index (χ1v) is 14.8. The largest absolute Gasteiger partial charge is 0.419 e. The second-order valence-electron chi connectivity index (χ2n) is 11.2. The molecule has 2 amide bonds. The van der Waals surface area contributed by atoms with E-state index in [0.717, 1.165) is 45.2 Å². The van der Waals surface area contributed by atoms with Crippen LogP contribution in [0.4, 0.5) is 28.9 Å². The summed E-state index contributed by atoms with van der Waals surface area (Å²) in [5.74, 6) is -2.62. The third-order valence-electron chi connectivity index (χ3n) is 7.93. The lowest BCUT2D eigenvalue weighted by Crippen LogP contribution is -2.44. The van der Waals surface area contributed by atoms with Crippen LogP contribution in [-0.2, 0) is 10.9 Å². The van der Waals surface area contributed by atoms with Crippen molar-refractivity contribution in [2.24, 2.45) is 0 Å². The number of aryl methyl sites for hydroxylation is 1. The lowest BCUT2D eigenvalue weighted by atomic mass is 10.0. The zero-order valence-corrected chi connectivity index (χ0v) is 25.2. The molecule has 242 valence electrons. The molecule has 2 N–H and O–H groups in total. The van der Waals surface area contributed by atoms with Crippen LogP contribution in [0.3, 0.4) is 0 Å². The van der Waals surface area contributed by atoms with Gasteiger partial charge in [0, 0.05) is 51.4 Å². The lowest BCUT2D eigenvalue weighted by molar-refractivity contribution is -0.140. The van der Waals surface area contributed by atoms with Gasteiger partial charge < -0.3 is 25.2 Å². The first-order chi connectivity index (χ1) is 21.5. The standard InChI is InChI=1S/C30H36F4N8O3/c1-20-16-21(17-23(27(20)31)30(32,33)34)28(43)36-24-18-22(4-5-26(24)41-10-8-39(2)9-11-41)42-19-25(37-38-42)29(44)35-6-3-7-40-12-14-45-15-13-40/h4-5,16-19H,3,6-15H2,1-2H3,(H,35,44)(H,36,43). The molecule has 3 heterocycles. The summed E-state index contributed by atoms with van der Waals surface area (Å²) in [4.78, 5) is 32.5. The Morgan fingerprint density at radius 2 is 1.73 bits per heavy atom. The molecule has 2 aromatic carbocycles. The summed E-state index contributed by atoms with van der Waals surface area (Å²) in [5, 5.41) is 13.7. The number of ether oxygens (including phenoxy) is 1. The molecule has 3 aromatic rings. The molecule has 2 aliphatic rings. The van der Waals surface area contributed by atoms with Crippen molar-refractivity contribution >= 4 is 23.2 Å². The van der Waals surface area contributed by atoms with E-state index < -0.39 is 23.5 Å². The normalized spacial score (nSPS) is 16.5. The van der Waals surface area contributed by atoms with Crippen molar-refractivity contribution in [3.05, 3.63) is 64.7 Å². The number of nitrogens with zero attached hydrogens (tertiary/aromatic N) is 6. The van der Waals surface area contributed by atoms with E-state index in [1.807, 2.05) is 7.05 Å². The molecule has 2 fully saturated rings. The van der Waals surface area contributed by atoms with Crippen LogP contribution < -0.4 is 15.5 Å². The second kappa shape index (κ2) is 13.9. The van der Waals surface area contributed by atoms with Gasteiger partial charge in [0.15, 0.2) is 5.69 Å². The Hall–Kier alpha value is -4.08. The van der Waals surface area contributed by atoms with Gasteiger partial charge in [0.2, 0.25) is 0 Å². The van der Waals surface area contributed by atoms with Crippen LogP contribution in [0.2, 0.25) is 0 Å². The molecule has 0 atom stereocenters. The Kier molecular flexibility index (Phi) is 9.99. The van der Waals surface area contributed by atoms with Crippen molar-refractivity contribution in [1.29, 1.82) is 0 Å². The quantitative estimate of drug-likeness (QED) is 0.274. The molecule has 0 aliphatic carbocycles. The topological polar surface area (TPSA) is 108 Å². The highest BCUT2D eigenvalue weighted by molar-refractivity contribution is 6.06. The van der Waals surface area contributed by atoms with E-state index in [4.69, 9.17) is 4.74 Å². The number of rotatable bonds is 9. The van der Waals surface area contributed by atoms with Crippen molar-refractivity contribution in [1.82, 2.24) is 30.1 Å². The van der Waals surface area contributed by atoms with Gasteiger partial charge in [-0.3, -0.25) is 14.5 Å². The summed E-state index contributed by atoms with van der Waals surface area (Å²) in [6, 6.07) is 6.75. The number of carbonyl (C=O) groups is 2. The van der Waals surface area contributed by atoms with E-state index in [1.54, 1.807) is 18.2 Å². The van der Waals surface area contributed by atoms with Gasteiger partial charge in [-0.1, -0.05) is 5.21 Å². The molecule has 11 nitrogen and oxygen atoms in total. The molecule has 1 aromatic heterocycles. The summed E-state index contributed by atoms with van der Waals surface area (Å²) >= 11 is 0. The predicted octanol–water partition coefficient (Wildman–Crippen LogP) is 3.19. The third-order valence-corrected chi connectivity index (χ3v) is 7.93. The number of benzene rings is 2. The van der Waals surface area contributed by atoms with Gasteiger partial charge in [-0.15, -0.1) is 5.10 Å². The van der Waals surface area contributed by atoms with Crippen LogP contribution in [0, 0.1) is 12.7 Å². The number of piperazine rings is 1. The molecule has 5 rings (SSSR count). The molecule has 2 aliphatic heterocycles. The maximum Gasteiger partial charge on any atom is 0.419 e. The fourth-order valence-electron chi connectivity index (χ4n) is 5.31. The van der Waals surface area contributed by atoms with Crippen molar-refractivity contribution in [3.63, 3.8) is 0 Å². The van der Waals surface area contributed by atoms with Crippen LogP contribution >= 0.6 is 0 Å². The molecule has 0 unspecified atom stereocenters. The Morgan fingerprint density at radius 1 is 1.00 bits per heavy atom. The average Bonchev–Trinajstić information content (AvgIpc) is 3.52. The molecule has 0 spiro atoms. The van der Waals surface area contributed by atoms with E-state index in [1.165, 1.54) is 17.8 Å². The van der Waals surface area contributed by atoms with Gasteiger partial charge in [0.1, 0.15) is 5.82 Å².